The molecule has 7 heteroatoms. The van der Waals surface area contributed by atoms with E-state index in [1.54, 1.807) is 6.08 Å². The summed E-state index contributed by atoms with van der Waals surface area (Å²) in [6.07, 6.45) is 1.88. The number of aliphatic hydroxyl groups excluding tert-OH is 3. The van der Waals surface area contributed by atoms with Crippen LogP contribution in [0.5, 0.6) is 0 Å². The predicted molar refractivity (Wildman–Crippen MR) is 134 cm³/mol. The van der Waals surface area contributed by atoms with Crippen LogP contribution in [0.15, 0.2) is 11.6 Å². The molecule has 4 aliphatic carbocycles. The van der Waals surface area contributed by atoms with Crippen LogP contribution in [0.3, 0.4) is 0 Å². The number of hydrogen-bond acceptors (Lipinski definition) is 7. The Kier molecular flexibility index (Phi) is 6.01. The lowest BCUT2D eigenvalue weighted by Gasteiger charge is -2.64. The minimum absolute atomic E-state index is 0.00309. The van der Waals surface area contributed by atoms with Crippen molar-refractivity contribution >= 4 is 5.78 Å². The van der Waals surface area contributed by atoms with E-state index < -0.39 is 46.3 Å². The molecule has 1 saturated heterocycles. The van der Waals surface area contributed by atoms with Crippen molar-refractivity contribution in [1.29, 1.82) is 0 Å². The monoisotopic (exact) mass is 506 g/mol. The number of hydrogen-bond donors (Lipinski definition) is 5. The normalized spacial score (nSPS) is 52.7. The molecule has 3 saturated carbocycles. The Morgan fingerprint density at radius 1 is 1.08 bits per heavy atom. The minimum atomic E-state index is -1.26. The van der Waals surface area contributed by atoms with Crippen molar-refractivity contribution in [3.63, 3.8) is 0 Å². The number of ether oxygens (including phenoxy) is 1. The summed E-state index contributed by atoms with van der Waals surface area (Å²) >= 11 is 0. The maximum atomic E-state index is 13.7. The Morgan fingerprint density at radius 3 is 2.33 bits per heavy atom. The zero-order chi connectivity index (χ0) is 26.6. The number of carbonyl (C=O) groups excluding carboxylic acids is 1. The quantitative estimate of drug-likeness (QED) is 0.362. The van der Waals surface area contributed by atoms with Crippen LogP contribution in [0.1, 0.15) is 80.1 Å². The van der Waals surface area contributed by atoms with Gasteiger partial charge >= 0.3 is 0 Å². The van der Waals surface area contributed by atoms with Crippen LogP contribution in [-0.4, -0.2) is 73.5 Å². The summed E-state index contributed by atoms with van der Waals surface area (Å²) in [4.78, 5) is 13.7. The third-order valence-electron chi connectivity index (χ3n) is 12.2. The first-order chi connectivity index (χ1) is 16.6. The topological polar surface area (TPSA) is 131 Å². The molecule has 7 nitrogen and oxygen atoms in total. The fourth-order valence-electron chi connectivity index (χ4n) is 9.33. The lowest BCUT2D eigenvalue weighted by Crippen LogP contribution is -2.66. The summed E-state index contributed by atoms with van der Waals surface area (Å²) in [7, 11) is 0. The second kappa shape index (κ2) is 8.09. The van der Waals surface area contributed by atoms with Gasteiger partial charge in [-0.05, 0) is 86.2 Å². The molecule has 5 aliphatic rings. The van der Waals surface area contributed by atoms with E-state index >= 15 is 0 Å². The Hall–Kier alpha value is -0.830. The third-order valence-corrected chi connectivity index (χ3v) is 12.2. The number of epoxide rings is 1. The van der Waals surface area contributed by atoms with Crippen molar-refractivity contribution in [2.75, 3.05) is 6.61 Å². The van der Waals surface area contributed by atoms with Gasteiger partial charge in [-0.25, -0.2) is 0 Å². The summed E-state index contributed by atoms with van der Waals surface area (Å²) in [5, 5.41) is 55.8. The molecule has 0 aromatic carbocycles. The molecule has 36 heavy (non-hydrogen) atoms. The molecule has 0 radical (unpaired) electrons. The molecule has 5 rings (SSSR count). The molecule has 0 amide bonds. The van der Waals surface area contributed by atoms with Crippen molar-refractivity contribution in [3.05, 3.63) is 11.6 Å². The zero-order valence-corrected chi connectivity index (χ0v) is 22.7. The average molecular weight is 507 g/mol. The Labute approximate surface area is 214 Å². The van der Waals surface area contributed by atoms with Crippen LogP contribution in [-0.2, 0) is 9.53 Å². The number of carbonyl (C=O) groups is 1. The Morgan fingerprint density at radius 2 is 1.72 bits per heavy atom. The van der Waals surface area contributed by atoms with Crippen LogP contribution in [0.25, 0.3) is 0 Å². The van der Waals surface area contributed by atoms with Crippen LogP contribution in [0, 0.1) is 39.9 Å². The van der Waals surface area contributed by atoms with Gasteiger partial charge in [0.2, 0.25) is 0 Å². The minimum Gasteiger partial charge on any atom is -0.395 e. The molecule has 12 atom stereocenters. The van der Waals surface area contributed by atoms with Crippen LogP contribution < -0.4 is 0 Å². The van der Waals surface area contributed by atoms with Crippen LogP contribution in [0.4, 0.5) is 0 Å². The smallest absolute Gasteiger partial charge is 0.164 e. The third kappa shape index (κ3) is 3.16. The first-order valence-electron chi connectivity index (χ1n) is 13.9. The molecule has 5 N–H and O–H groups in total. The lowest BCUT2D eigenvalue weighted by atomic mass is 9.41. The van der Waals surface area contributed by atoms with Gasteiger partial charge in [0.1, 0.15) is 6.10 Å². The van der Waals surface area contributed by atoms with E-state index in [2.05, 4.69) is 27.7 Å². The lowest BCUT2D eigenvalue weighted by molar-refractivity contribution is -0.191. The number of aliphatic hydroxyl groups is 5. The van der Waals surface area contributed by atoms with Gasteiger partial charge in [-0.3, -0.25) is 4.79 Å². The van der Waals surface area contributed by atoms with Gasteiger partial charge in [0, 0.05) is 5.41 Å². The van der Waals surface area contributed by atoms with Crippen molar-refractivity contribution in [3.8, 4) is 0 Å². The van der Waals surface area contributed by atoms with Gasteiger partial charge in [-0.15, -0.1) is 0 Å². The summed E-state index contributed by atoms with van der Waals surface area (Å²) in [6.45, 7) is 11.9. The first-order valence-corrected chi connectivity index (χ1v) is 13.9. The molecule has 4 fully saturated rings. The van der Waals surface area contributed by atoms with Gasteiger partial charge in [-0.2, -0.15) is 0 Å². The summed E-state index contributed by atoms with van der Waals surface area (Å²) in [5.74, 6) is 0.102. The fraction of sp³-hybridized carbons (Fsp3) is 0.897. The van der Waals surface area contributed by atoms with E-state index in [9.17, 15) is 30.3 Å². The predicted octanol–water partition coefficient (Wildman–Crippen LogP) is 2.36. The first kappa shape index (κ1) is 26.8. The molecule has 0 spiro atoms. The van der Waals surface area contributed by atoms with E-state index in [1.165, 1.54) is 0 Å². The highest BCUT2D eigenvalue weighted by Gasteiger charge is 2.73. The number of ketones is 1. The molecular formula is C29H46O7. The van der Waals surface area contributed by atoms with Gasteiger partial charge in [-0.1, -0.05) is 34.6 Å². The van der Waals surface area contributed by atoms with Gasteiger partial charge < -0.3 is 30.3 Å². The summed E-state index contributed by atoms with van der Waals surface area (Å²) < 4.78 is 6.06. The highest BCUT2D eigenvalue weighted by Crippen LogP contribution is 2.71. The van der Waals surface area contributed by atoms with E-state index in [4.69, 9.17) is 4.74 Å². The maximum absolute atomic E-state index is 13.7. The van der Waals surface area contributed by atoms with Gasteiger partial charge in [0.05, 0.1) is 41.5 Å². The van der Waals surface area contributed by atoms with Crippen molar-refractivity contribution in [2.45, 2.75) is 116 Å². The van der Waals surface area contributed by atoms with Gasteiger partial charge in [0.25, 0.3) is 0 Å². The molecule has 0 unspecified atom stereocenters. The maximum Gasteiger partial charge on any atom is 0.164 e. The average Bonchev–Trinajstić information content (AvgIpc) is 3.55. The molecule has 1 aliphatic heterocycles. The highest BCUT2D eigenvalue weighted by molar-refractivity contribution is 5.98. The second-order valence-corrected chi connectivity index (χ2v) is 14.0. The van der Waals surface area contributed by atoms with E-state index in [-0.39, 0.29) is 42.7 Å². The van der Waals surface area contributed by atoms with Crippen molar-refractivity contribution < 1.29 is 35.1 Å². The van der Waals surface area contributed by atoms with Crippen molar-refractivity contribution in [2.24, 2.45) is 39.9 Å². The molecule has 0 aromatic rings. The molecule has 0 bridgehead atoms. The zero-order valence-electron chi connectivity index (χ0n) is 22.7. The van der Waals surface area contributed by atoms with Crippen LogP contribution in [0.2, 0.25) is 0 Å². The Balaban J connectivity index is 1.51. The number of rotatable bonds is 5. The number of allylic oxidation sites excluding steroid dienone is 1. The van der Waals surface area contributed by atoms with E-state index in [0.717, 1.165) is 0 Å². The summed E-state index contributed by atoms with van der Waals surface area (Å²) in [5.41, 5.74) is -4.27. The number of fused-ring (bicyclic) bond motifs is 5. The van der Waals surface area contributed by atoms with Crippen molar-refractivity contribution in [1.82, 2.24) is 0 Å². The Bertz CT molecular complexity index is 959. The van der Waals surface area contributed by atoms with E-state index in [0.29, 0.717) is 43.1 Å². The standard InChI is InChI=1S/C29H46O7/c1-15(2)16(3)23-24(36-23)27(6,34)21-8-10-29(35)18-11-22(33)28(14-30)13-20(32)19(31)12-26(28,5)17(18)7-9-25(21,29)4/h11,15-17,19-21,23-24,30-32,34-35H,7-10,12-14H2,1-6H3/t16-,17+,19+,20-,21+,23+,24-,25-,26-,27-,28-,29-/m1/s1. The van der Waals surface area contributed by atoms with E-state index in [1.807, 2.05) is 13.8 Å². The van der Waals surface area contributed by atoms with Crippen LogP contribution >= 0.6 is 0 Å². The molecular weight excluding hydrogens is 460 g/mol. The fourth-order valence-corrected chi connectivity index (χ4v) is 9.33. The summed E-state index contributed by atoms with van der Waals surface area (Å²) in [6, 6.07) is 0. The molecule has 1 heterocycles. The SMILES string of the molecule is CC(C)[C@@H](C)[C@@H]1O[C@H]1[C@](C)(O)[C@H]1CC[C@@]2(O)C3=CC(=O)[C@]4(CO)C[C@@H](O)[C@@H](O)C[C@]4(C)[C@H]3CC[C@]12C. The molecule has 0 aromatic heterocycles. The highest BCUT2D eigenvalue weighted by atomic mass is 16.6. The van der Waals surface area contributed by atoms with Gasteiger partial charge in [0.15, 0.2) is 5.78 Å². The second-order valence-electron chi connectivity index (χ2n) is 14.0. The molecule has 204 valence electrons. The largest absolute Gasteiger partial charge is 0.395 e.